The van der Waals surface area contributed by atoms with Crippen molar-refractivity contribution in [1.82, 2.24) is 4.90 Å². The maximum absolute atomic E-state index is 12.3. The summed E-state index contributed by atoms with van der Waals surface area (Å²) in [5.41, 5.74) is -0.411. The second-order valence-electron chi connectivity index (χ2n) is 6.28. The lowest BCUT2D eigenvalue weighted by molar-refractivity contribution is -0.145. The van der Waals surface area contributed by atoms with E-state index in [-0.39, 0.29) is 18.3 Å². The van der Waals surface area contributed by atoms with E-state index in [1.807, 2.05) is 20.8 Å². The minimum absolute atomic E-state index is 0.0949. The number of ether oxygens (including phenoxy) is 1. The first-order valence-corrected chi connectivity index (χ1v) is 7.13. The Morgan fingerprint density at radius 1 is 1.16 bits per heavy atom. The van der Waals surface area contributed by atoms with Gasteiger partial charge in [-0.2, -0.15) is 0 Å². The van der Waals surface area contributed by atoms with Crippen molar-refractivity contribution in [2.24, 2.45) is 11.3 Å². The molecule has 1 amide bonds. The topological polar surface area (TPSA) is 46.6 Å². The summed E-state index contributed by atoms with van der Waals surface area (Å²) in [5.74, 6) is 0.397. The molecular formula is C15H29NO3. The van der Waals surface area contributed by atoms with Gasteiger partial charge >= 0.3 is 5.97 Å². The molecule has 0 aliphatic rings. The molecule has 0 aromatic heterocycles. The van der Waals surface area contributed by atoms with Gasteiger partial charge in [0.05, 0.1) is 13.0 Å². The molecule has 0 saturated heterocycles. The average Bonchev–Trinajstić information content (AvgIpc) is 2.27. The summed E-state index contributed by atoms with van der Waals surface area (Å²) in [6, 6.07) is 0. The Labute approximate surface area is 117 Å². The van der Waals surface area contributed by atoms with Crippen LogP contribution in [0.3, 0.4) is 0 Å². The molecule has 4 nitrogen and oxygen atoms in total. The largest absolute Gasteiger partial charge is 0.466 e. The number of rotatable bonds is 7. The van der Waals surface area contributed by atoms with Crippen LogP contribution in [0, 0.1) is 11.3 Å². The fourth-order valence-electron chi connectivity index (χ4n) is 1.66. The van der Waals surface area contributed by atoms with E-state index in [0.29, 0.717) is 25.6 Å². The highest BCUT2D eigenvalue weighted by Crippen LogP contribution is 2.18. The Bertz CT molecular complexity index is 292. The molecule has 0 aliphatic heterocycles. The zero-order valence-corrected chi connectivity index (χ0v) is 13.3. The third-order valence-electron chi connectivity index (χ3n) is 2.80. The number of carbonyl (C=O) groups excluding carboxylic acids is 2. The van der Waals surface area contributed by atoms with Crippen molar-refractivity contribution in [1.29, 1.82) is 0 Å². The third kappa shape index (κ3) is 7.85. The maximum Gasteiger partial charge on any atom is 0.307 e. The normalized spacial score (nSPS) is 11.5. The standard InChI is InChI=1S/C15H29NO3/c1-7-19-13(17)9-11-16(10-8-12(2)3)14(18)15(4,5)6/h12H,7-11H2,1-6H3. The van der Waals surface area contributed by atoms with E-state index < -0.39 is 5.41 Å². The van der Waals surface area contributed by atoms with Crippen molar-refractivity contribution in [2.75, 3.05) is 19.7 Å². The van der Waals surface area contributed by atoms with E-state index in [1.165, 1.54) is 0 Å². The highest BCUT2D eigenvalue weighted by atomic mass is 16.5. The lowest BCUT2D eigenvalue weighted by Gasteiger charge is -2.30. The second-order valence-corrected chi connectivity index (χ2v) is 6.28. The summed E-state index contributed by atoms with van der Waals surface area (Å²) in [4.78, 5) is 25.5. The van der Waals surface area contributed by atoms with Crippen LogP contribution in [-0.4, -0.2) is 36.5 Å². The summed E-state index contributed by atoms with van der Waals surface area (Å²) in [7, 11) is 0. The van der Waals surface area contributed by atoms with Crippen LogP contribution in [0.1, 0.15) is 54.4 Å². The van der Waals surface area contributed by atoms with Gasteiger partial charge in [0.25, 0.3) is 0 Å². The van der Waals surface area contributed by atoms with Crippen molar-refractivity contribution < 1.29 is 14.3 Å². The first-order valence-electron chi connectivity index (χ1n) is 7.13. The van der Waals surface area contributed by atoms with Gasteiger partial charge in [0.2, 0.25) is 5.91 Å². The third-order valence-corrected chi connectivity index (χ3v) is 2.80. The van der Waals surface area contributed by atoms with Crippen LogP contribution in [0.5, 0.6) is 0 Å². The van der Waals surface area contributed by atoms with Gasteiger partial charge in [-0.3, -0.25) is 9.59 Å². The van der Waals surface area contributed by atoms with Crippen LogP contribution in [0.2, 0.25) is 0 Å². The molecular weight excluding hydrogens is 242 g/mol. The number of carbonyl (C=O) groups is 2. The highest BCUT2D eigenvalue weighted by Gasteiger charge is 2.27. The summed E-state index contributed by atoms with van der Waals surface area (Å²) in [6.07, 6.45) is 1.22. The van der Waals surface area contributed by atoms with E-state index in [4.69, 9.17) is 4.74 Å². The molecule has 0 unspecified atom stereocenters. The molecule has 0 rings (SSSR count). The summed E-state index contributed by atoms with van der Waals surface area (Å²) >= 11 is 0. The Balaban J connectivity index is 4.50. The van der Waals surface area contributed by atoms with E-state index in [2.05, 4.69) is 13.8 Å². The summed E-state index contributed by atoms with van der Waals surface area (Å²) in [5, 5.41) is 0. The van der Waals surface area contributed by atoms with Crippen LogP contribution in [-0.2, 0) is 14.3 Å². The Kier molecular flexibility index (Phi) is 7.72. The van der Waals surface area contributed by atoms with Gasteiger partial charge in [-0.25, -0.2) is 0 Å². The monoisotopic (exact) mass is 271 g/mol. The zero-order valence-electron chi connectivity index (χ0n) is 13.3. The Morgan fingerprint density at radius 2 is 1.74 bits per heavy atom. The Morgan fingerprint density at radius 3 is 2.16 bits per heavy atom. The van der Waals surface area contributed by atoms with Crippen LogP contribution >= 0.6 is 0 Å². The van der Waals surface area contributed by atoms with E-state index in [1.54, 1.807) is 11.8 Å². The maximum atomic E-state index is 12.3. The zero-order chi connectivity index (χ0) is 15.1. The van der Waals surface area contributed by atoms with Crippen molar-refractivity contribution in [2.45, 2.75) is 54.4 Å². The quantitative estimate of drug-likeness (QED) is 0.669. The second kappa shape index (κ2) is 8.18. The van der Waals surface area contributed by atoms with E-state index >= 15 is 0 Å². The van der Waals surface area contributed by atoms with Gasteiger partial charge in [0.15, 0.2) is 0 Å². The van der Waals surface area contributed by atoms with Crippen molar-refractivity contribution in [3.63, 3.8) is 0 Å². The predicted octanol–water partition coefficient (Wildman–Crippen LogP) is 2.86. The summed E-state index contributed by atoms with van der Waals surface area (Å²) in [6.45, 7) is 13.3. The highest BCUT2D eigenvalue weighted by molar-refractivity contribution is 5.82. The number of amides is 1. The SMILES string of the molecule is CCOC(=O)CCN(CCC(C)C)C(=O)C(C)(C)C. The van der Waals surface area contributed by atoms with E-state index in [0.717, 1.165) is 6.42 Å². The van der Waals surface area contributed by atoms with Gasteiger partial charge in [0, 0.05) is 18.5 Å². The van der Waals surface area contributed by atoms with Gasteiger partial charge in [-0.15, -0.1) is 0 Å². The van der Waals surface area contributed by atoms with Gasteiger partial charge < -0.3 is 9.64 Å². The molecule has 0 atom stereocenters. The lowest BCUT2D eigenvalue weighted by atomic mass is 9.94. The first kappa shape index (κ1) is 17.9. The number of hydrogen-bond donors (Lipinski definition) is 0. The number of nitrogens with zero attached hydrogens (tertiary/aromatic N) is 1. The van der Waals surface area contributed by atoms with Crippen molar-refractivity contribution in [3.8, 4) is 0 Å². The molecule has 0 radical (unpaired) electrons. The van der Waals surface area contributed by atoms with Crippen LogP contribution < -0.4 is 0 Å². The van der Waals surface area contributed by atoms with Gasteiger partial charge in [-0.05, 0) is 19.3 Å². The molecule has 4 heteroatoms. The van der Waals surface area contributed by atoms with Gasteiger partial charge in [0.1, 0.15) is 0 Å². The van der Waals surface area contributed by atoms with Crippen LogP contribution in [0.25, 0.3) is 0 Å². The Hall–Kier alpha value is -1.06. The fourth-order valence-corrected chi connectivity index (χ4v) is 1.66. The molecule has 0 fully saturated rings. The summed E-state index contributed by atoms with van der Waals surface area (Å²) < 4.78 is 4.91. The molecule has 0 aromatic carbocycles. The molecule has 0 spiro atoms. The molecule has 0 aromatic rings. The molecule has 0 heterocycles. The predicted molar refractivity (Wildman–Crippen MR) is 76.7 cm³/mol. The smallest absolute Gasteiger partial charge is 0.307 e. The molecule has 0 bridgehead atoms. The minimum atomic E-state index is -0.411. The molecule has 19 heavy (non-hydrogen) atoms. The van der Waals surface area contributed by atoms with Crippen LogP contribution in [0.15, 0.2) is 0 Å². The van der Waals surface area contributed by atoms with Crippen LogP contribution in [0.4, 0.5) is 0 Å². The van der Waals surface area contributed by atoms with E-state index in [9.17, 15) is 9.59 Å². The number of hydrogen-bond acceptors (Lipinski definition) is 3. The van der Waals surface area contributed by atoms with Crippen molar-refractivity contribution in [3.05, 3.63) is 0 Å². The molecule has 0 saturated carbocycles. The minimum Gasteiger partial charge on any atom is -0.466 e. The average molecular weight is 271 g/mol. The van der Waals surface area contributed by atoms with Crippen molar-refractivity contribution >= 4 is 11.9 Å². The molecule has 0 N–H and O–H groups in total. The fraction of sp³-hybridized carbons (Fsp3) is 0.867. The first-order chi connectivity index (χ1) is 8.68. The van der Waals surface area contributed by atoms with Gasteiger partial charge in [-0.1, -0.05) is 34.6 Å². The molecule has 0 aliphatic carbocycles. The lowest BCUT2D eigenvalue weighted by Crippen LogP contribution is -2.41. The molecule has 112 valence electrons. The number of esters is 1.